The van der Waals surface area contributed by atoms with Crippen molar-refractivity contribution in [1.82, 2.24) is 15.5 Å². The lowest BCUT2D eigenvalue weighted by molar-refractivity contribution is -0.125. The fourth-order valence-electron chi connectivity index (χ4n) is 2.22. The number of likely N-dealkylation sites (N-methyl/N-ethyl adjacent to an activating group) is 1. The Bertz CT molecular complexity index is 655. The Morgan fingerprint density at radius 1 is 1.15 bits per heavy atom. The van der Waals surface area contributed by atoms with Gasteiger partial charge >= 0.3 is 6.09 Å². The number of carbonyl (C=O) groups excluding carboxylic acids is 3. The number of halogens is 2. The number of ether oxygens (including phenoxy) is 1. The summed E-state index contributed by atoms with van der Waals surface area (Å²) in [5.74, 6) is -0.804. The highest BCUT2D eigenvalue weighted by Crippen LogP contribution is 2.25. The molecule has 0 bridgehead atoms. The molecule has 144 valence electrons. The zero-order chi connectivity index (χ0) is 19.7. The van der Waals surface area contributed by atoms with Gasteiger partial charge < -0.3 is 10.1 Å². The van der Waals surface area contributed by atoms with Crippen LogP contribution in [0.4, 0.5) is 4.79 Å². The fourth-order valence-corrected chi connectivity index (χ4v) is 2.80. The molecule has 9 heteroatoms. The van der Waals surface area contributed by atoms with Gasteiger partial charge in [-0.05, 0) is 38.1 Å². The predicted octanol–water partition coefficient (Wildman–Crippen LogP) is 2.77. The van der Waals surface area contributed by atoms with Crippen molar-refractivity contribution in [3.8, 4) is 0 Å². The Labute approximate surface area is 163 Å². The Morgan fingerprint density at radius 3 is 2.38 bits per heavy atom. The second kappa shape index (κ2) is 11.0. The molecule has 0 aromatic heterocycles. The molecule has 0 heterocycles. The number of alkyl carbamates (subject to hydrolysis) is 1. The Kier molecular flexibility index (Phi) is 9.40. The van der Waals surface area contributed by atoms with E-state index in [9.17, 15) is 14.4 Å². The lowest BCUT2D eigenvalue weighted by atomic mass is 10.1. The molecule has 1 atom stereocenters. The molecule has 0 spiro atoms. The molecule has 0 radical (unpaired) electrons. The molecule has 2 N–H and O–H groups in total. The molecular formula is C17H23Cl2N3O4. The van der Waals surface area contributed by atoms with Gasteiger partial charge in [0.15, 0.2) is 0 Å². The number of hydrogen-bond acceptors (Lipinski definition) is 5. The molecule has 0 aliphatic heterocycles. The van der Waals surface area contributed by atoms with Crippen molar-refractivity contribution in [2.75, 3.05) is 26.2 Å². The summed E-state index contributed by atoms with van der Waals surface area (Å²) < 4.78 is 4.64. The van der Waals surface area contributed by atoms with E-state index in [1.165, 1.54) is 0 Å². The SMILES string of the molecule is CCOC(=O)NC(=O)CN(CC)CC(=O)N[C@@H](C)c1ccc(Cl)cc1Cl. The second-order valence-corrected chi connectivity index (χ2v) is 6.37. The number of nitrogens with zero attached hydrogens (tertiary/aromatic N) is 1. The molecule has 0 saturated carbocycles. The Hall–Kier alpha value is -1.83. The van der Waals surface area contributed by atoms with Crippen molar-refractivity contribution in [3.63, 3.8) is 0 Å². The minimum absolute atomic E-state index is 0.00228. The van der Waals surface area contributed by atoms with Crippen LogP contribution in [0.2, 0.25) is 10.0 Å². The quantitative estimate of drug-likeness (QED) is 0.696. The van der Waals surface area contributed by atoms with E-state index in [2.05, 4.69) is 15.4 Å². The molecule has 0 fully saturated rings. The number of hydrogen-bond donors (Lipinski definition) is 2. The highest BCUT2D eigenvalue weighted by molar-refractivity contribution is 6.35. The van der Waals surface area contributed by atoms with Crippen LogP contribution in [0.15, 0.2) is 18.2 Å². The smallest absolute Gasteiger partial charge is 0.413 e. The summed E-state index contributed by atoms with van der Waals surface area (Å²) in [6.07, 6.45) is -0.802. The third-order valence-corrected chi connectivity index (χ3v) is 4.07. The molecule has 0 aliphatic carbocycles. The summed E-state index contributed by atoms with van der Waals surface area (Å²) >= 11 is 12.0. The van der Waals surface area contributed by atoms with Crippen LogP contribution in [-0.4, -0.2) is 49.0 Å². The van der Waals surface area contributed by atoms with Gasteiger partial charge in [-0.25, -0.2) is 4.79 Å². The third kappa shape index (κ3) is 7.59. The molecule has 26 heavy (non-hydrogen) atoms. The zero-order valence-corrected chi connectivity index (χ0v) is 16.5. The monoisotopic (exact) mass is 403 g/mol. The number of carbonyl (C=O) groups is 3. The lowest BCUT2D eigenvalue weighted by Gasteiger charge is -2.21. The number of amides is 3. The van der Waals surface area contributed by atoms with E-state index in [0.29, 0.717) is 16.6 Å². The summed E-state index contributed by atoms with van der Waals surface area (Å²) in [6.45, 7) is 5.78. The largest absolute Gasteiger partial charge is 0.450 e. The first-order valence-corrected chi connectivity index (χ1v) is 8.95. The highest BCUT2D eigenvalue weighted by atomic mass is 35.5. The molecule has 0 aliphatic rings. The van der Waals surface area contributed by atoms with Gasteiger partial charge in [0.2, 0.25) is 11.8 Å². The van der Waals surface area contributed by atoms with Crippen LogP contribution in [0.3, 0.4) is 0 Å². The molecule has 0 unspecified atom stereocenters. The van der Waals surface area contributed by atoms with Crippen LogP contribution in [0.25, 0.3) is 0 Å². The summed E-state index contributed by atoms with van der Waals surface area (Å²) in [4.78, 5) is 36.8. The number of rotatable bonds is 8. The molecule has 0 saturated heterocycles. The highest BCUT2D eigenvalue weighted by Gasteiger charge is 2.18. The van der Waals surface area contributed by atoms with E-state index < -0.39 is 12.0 Å². The first-order valence-electron chi connectivity index (χ1n) is 8.20. The standard InChI is InChI=1S/C17H23Cl2N3O4/c1-4-22(10-16(24)21-17(25)26-5-2)9-15(23)20-11(3)13-7-6-12(18)8-14(13)19/h6-8,11H,4-5,9-10H2,1-3H3,(H,20,23)(H,21,24,25)/t11-/m0/s1. The van der Waals surface area contributed by atoms with Gasteiger partial charge in [0, 0.05) is 10.0 Å². The summed E-state index contributed by atoms with van der Waals surface area (Å²) in [5, 5.41) is 5.90. The van der Waals surface area contributed by atoms with Crippen molar-refractivity contribution in [3.05, 3.63) is 33.8 Å². The Morgan fingerprint density at radius 2 is 1.81 bits per heavy atom. The molecule has 1 rings (SSSR count). The van der Waals surface area contributed by atoms with Crippen molar-refractivity contribution in [2.45, 2.75) is 26.8 Å². The van der Waals surface area contributed by atoms with Crippen LogP contribution in [-0.2, 0) is 14.3 Å². The average molecular weight is 404 g/mol. The van der Waals surface area contributed by atoms with E-state index in [4.69, 9.17) is 23.2 Å². The minimum Gasteiger partial charge on any atom is -0.450 e. The molecular weight excluding hydrogens is 381 g/mol. The van der Waals surface area contributed by atoms with Gasteiger partial charge in [0.1, 0.15) is 0 Å². The van der Waals surface area contributed by atoms with E-state index in [-0.39, 0.29) is 31.6 Å². The second-order valence-electron chi connectivity index (χ2n) is 5.53. The topological polar surface area (TPSA) is 87.7 Å². The van der Waals surface area contributed by atoms with E-state index in [0.717, 1.165) is 5.56 Å². The first kappa shape index (κ1) is 22.2. The van der Waals surface area contributed by atoms with Crippen LogP contribution >= 0.6 is 23.2 Å². The lowest BCUT2D eigenvalue weighted by Crippen LogP contribution is -2.44. The van der Waals surface area contributed by atoms with Crippen molar-refractivity contribution < 1.29 is 19.1 Å². The molecule has 7 nitrogen and oxygen atoms in total. The Balaban J connectivity index is 2.55. The van der Waals surface area contributed by atoms with Gasteiger partial charge in [0.05, 0.1) is 25.7 Å². The van der Waals surface area contributed by atoms with E-state index in [1.807, 2.05) is 6.92 Å². The number of imide groups is 1. The van der Waals surface area contributed by atoms with Crippen molar-refractivity contribution in [1.29, 1.82) is 0 Å². The molecule has 1 aromatic rings. The maximum Gasteiger partial charge on any atom is 0.413 e. The maximum atomic E-state index is 12.2. The normalized spacial score (nSPS) is 11.8. The van der Waals surface area contributed by atoms with Crippen molar-refractivity contribution in [2.24, 2.45) is 0 Å². The fraction of sp³-hybridized carbons (Fsp3) is 0.471. The molecule has 1 aromatic carbocycles. The minimum atomic E-state index is -0.802. The average Bonchev–Trinajstić information content (AvgIpc) is 2.53. The van der Waals surface area contributed by atoms with Gasteiger partial charge in [-0.3, -0.25) is 19.8 Å². The van der Waals surface area contributed by atoms with E-state index in [1.54, 1.807) is 36.9 Å². The van der Waals surface area contributed by atoms with Gasteiger partial charge in [-0.2, -0.15) is 0 Å². The van der Waals surface area contributed by atoms with E-state index >= 15 is 0 Å². The predicted molar refractivity (Wildman–Crippen MR) is 100 cm³/mol. The van der Waals surface area contributed by atoms with Crippen LogP contribution < -0.4 is 10.6 Å². The number of nitrogens with one attached hydrogen (secondary N) is 2. The summed E-state index contributed by atoms with van der Waals surface area (Å²) in [5.41, 5.74) is 0.743. The number of benzene rings is 1. The van der Waals surface area contributed by atoms with Gasteiger partial charge in [0.25, 0.3) is 0 Å². The van der Waals surface area contributed by atoms with Crippen LogP contribution in [0.5, 0.6) is 0 Å². The summed E-state index contributed by atoms with van der Waals surface area (Å²) in [6, 6.07) is 4.74. The van der Waals surface area contributed by atoms with Crippen LogP contribution in [0, 0.1) is 0 Å². The maximum absolute atomic E-state index is 12.2. The van der Waals surface area contributed by atoms with Crippen molar-refractivity contribution >= 4 is 41.1 Å². The summed E-state index contributed by atoms with van der Waals surface area (Å²) in [7, 11) is 0. The molecule has 3 amide bonds. The zero-order valence-electron chi connectivity index (χ0n) is 15.0. The van der Waals surface area contributed by atoms with Crippen LogP contribution in [0.1, 0.15) is 32.4 Å². The van der Waals surface area contributed by atoms with Gasteiger partial charge in [-0.1, -0.05) is 36.2 Å². The third-order valence-electron chi connectivity index (χ3n) is 3.51. The van der Waals surface area contributed by atoms with Gasteiger partial charge in [-0.15, -0.1) is 0 Å². The first-order chi connectivity index (χ1) is 12.3.